The van der Waals surface area contributed by atoms with Gasteiger partial charge in [0.15, 0.2) is 0 Å². The Hall–Kier alpha value is -1.02. The van der Waals surface area contributed by atoms with Crippen molar-refractivity contribution in [3.8, 4) is 0 Å². The van der Waals surface area contributed by atoms with E-state index in [-0.39, 0.29) is 12.5 Å². The second-order valence-electron chi connectivity index (χ2n) is 3.66. The van der Waals surface area contributed by atoms with Crippen LogP contribution in [-0.2, 0) is 0 Å². The van der Waals surface area contributed by atoms with Gasteiger partial charge in [-0.05, 0) is 17.5 Å². The van der Waals surface area contributed by atoms with Crippen LogP contribution in [0.2, 0.25) is 0 Å². The van der Waals surface area contributed by atoms with Crippen LogP contribution in [0.15, 0.2) is 24.3 Å². The molecule has 1 aromatic carbocycles. The molecule has 1 aromatic rings. The molecule has 0 saturated heterocycles. The van der Waals surface area contributed by atoms with Crippen molar-refractivity contribution < 1.29 is 5.11 Å². The van der Waals surface area contributed by atoms with Crippen LogP contribution in [0, 0.1) is 5.92 Å². The van der Waals surface area contributed by atoms with E-state index >= 15 is 0 Å². The molecule has 2 heteroatoms. The summed E-state index contributed by atoms with van der Waals surface area (Å²) >= 11 is 0. The van der Waals surface area contributed by atoms with Crippen LogP contribution in [0.4, 0.5) is 5.69 Å². The number of anilines is 1. The van der Waals surface area contributed by atoms with Gasteiger partial charge in [0.2, 0.25) is 0 Å². The first-order chi connectivity index (χ1) is 6.16. The number of benzene rings is 1. The number of para-hydroxylation sites is 1. The van der Waals surface area contributed by atoms with Crippen molar-refractivity contribution in [2.75, 3.05) is 12.3 Å². The van der Waals surface area contributed by atoms with E-state index < -0.39 is 0 Å². The van der Waals surface area contributed by atoms with E-state index in [1.165, 1.54) is 0 Å². The fourth-order valence-corrected chi connectivity index (χ4v) is 1.52. The molecule has 0 heterocycles. The third-order valence-corrected chi connectivity index (χ3v) is 2.40. The molecule has 1 rings (SSSR count). The largest absolute Gasteiger partial charge is 0.398 e. The number of aliphatic hydroxyl groups is 1. The minimum atomic E-state index is 0.154. The zero-order valence-electron chi connectivity index (χ0n) is 8.20. The molecule has 0 aliphatic rings. The maximum Gasteiger partial charge on any atom is 0.0502 e. The second kappa shape index (κ2) is 4.28. The minimum Gasteiger partial charge on any atom is -0.398 e. The Balaban J connectivity index is 2.97. The monoisotopic (exact) mass is 179 g/mol. The topological polar surface area (TPSA) is 46.2 Å². The van der Waals surface area contributed by atoms with Gasteiger partial charge in [0.1, 0.15) is 0 Å². The molecule has 1 unspecified atom stereocenters. The molecule has 0 aliphatic carbocycles. The van der Waals surface area contributed by atoms with Crippen LogP contribution >= 0.6 is 0 Å². The van der Waals surface area contributed by atoms with Gasteiger partial charge >= 0.3 is 0 Å². The van der Waals surface area contributed by atoms with Gasteiger partial charge in [0.25, 0.3) is 0 Å². The van der Waals surface area contributed by atoms with Crippen molar-refractivity contribution in [2.45, 2.75) is 19.8 Å². The highest BCUT2D eigenvalue weighted by molar-refractivity contribution is 5.48. The lowest BCUT2D eigenvalue weighted by Gasteiger charge is -2.20. The van der Waals surface area contributed by atoms with E-state index in [1.807, 2.05) is 24.3 Å². The predicted octanol–water partition coefficient (Wildman–Crippen LogP) is 2.00. The smallest absolute Gasteiger partial charge is 0.0502 e. The fraction of sp³-hybridized carbons (Fsp3) is 0.455. The van der Waals surface area contributed by atoms with E-state index in [0.717, 1.165) is 11.3 Å². The lowest BCUT2D eigenvalue weighted by atomic mass is 9.88. The lowest BCUT2D eigenvalue weighted by molar-refractivity contribution is 0.238. The lowest BCUT2D eigenvalue weighted by Crippen LogP contribution is -2.13. The molecule has 0 aromatic heterocycles. The average Bonchev–Trinajstić information content (AvgIpc) is 2.09. The van der Waals surface area contributed by atoms with Crippen LogP contribution in [0.25, 0.3) is 0 Å². The van der Waals surface area contributed by atoms with Gasteiger partial charge in [-0.15, -0.1) is 0 Å². The number of nitrogen functional groups attached to an aromatic ring is 1. The highest BCUT2D eigenvalue weighted by Gasteiger charge is 2.16. The van der Waals surface area contributed by atoms with Crippen LogP contribution in [0.1, 0.15) is 25.3 Å². The Morgan fingerprint density at radius 3 is 2.38 bits per heavy atom. The molecule has 0 amide bonds. The molecule has 0 bridgehead atoms. The number of hydrogen-bond acceptors (Lipinski definition) is 2. The number of hydrogen-bond donors (Lipinski definition) is 2. The van der Waals surface area contributed by atoms with Crippen molar-refractivity contribution in [3.63, 3.8) is 0 Å². The Morgan fingerprint density at radius 2 is 1.92 bits per heavy atom. The summed E-state index contributed by atoms with van der Waals surface area (Å²) in [6, 6.07) is 7.72. The van der Waals surface area contributed by atoms with Crippen LogP contribution in [0.3, 0.4) is 0 Å². The zero-order chi connectivity index (χ0) is 9.84. The normalized spacial score (nSPS) is 13.2. The van der Waals surface area contributed by atoms with E-state index in [0.29, 0.717) is 5.92 Å². The Morgan fingerprint density at radius 1 is 1.31 bits per heavy atom. The molecule has 0 spiro atoms. The van der Waals surface area contributed by atoms with Crippen LogP contribution in [0.5, 0.6) is 0 Å². The first-order valence-corrected chi connectivity index (χ1v) is 4.62. The summed E-state index contributed by atoms with van der Waals surface area (Å²) in [5, 5.41) is 9.22. The molecule has 2 nitrogen and oxygen atoms in total. The van der Waals surface area contributed by atoms with Crippen molar-refractivity contribution >= 4 is 5.69 Å². The summed E-state index contributed by atoms with van der Waals surface area (Å²) in [7, 11) is 0. The fourth-order valence-electron chi connectivity index (χ4n) is 1.52. The molecule has 0 saturated carbocycles. The Kier molecular flexibility index (Phi) is 3.32. The first kappa shape index (κ1) is 10.1. The molecule has 0 radical (unpaired) electrons. The quantitative estimate of drug-likeness (QED) is 0.697. The van der Waals surface area contributed by atoms with E-state index in [9.17, 15) is 5.11 Å². The number of aliphatic hydroxyl groups excluding tert-OH is 1. The summed E-state index contributed by atoms with van der Waals surface area (Å²) in [4.78, 5) is 0. The summed E-state index contributed by atoms with van der Waals surface area (Å²) < 4.78 is 0. The third-order valence-electron chi connectivity index (χ3n) is 2.40. The van der Waals surface area contributed by atoms with Gasteiger partial charge < -0.3 is 10.8 Å². The molecule has 72 valence electrons. The average molecular weight is 179 g/mol. The van der Waals surface area contributed by atoms with Gasteiger partial charge in [-0.2, -0.15) is 0 Å². The molecule has 3 N–H and O–H groups in total. The standard InChI is InChI=1S/C11H17NO/c1-8(2)10(7-13)9-5-3-4-6-11(9)12/h3-6,8,10,13H,7,12H2,1-2H3. The summed E-state index contributed by atoms with van der Waals surface area (Å²) in [6.45, 7) is 4.34. The van der Waals surface area contributed by atoms with Crippen molar-refractivity contribution in [1.29, 1.82) is 0 Å². The molecule has 13 heavy (non-hydrogen) atoms. The van der Waals surface area contributed by atoms with Gasteiger partial charge in [-0.25, -0.2) is 0 Å². The Bertz CT molecular complexity index is 271. The minimum absolute atomic E-state index is 0.154. The molecule has 0 aliphatic heterocycles. The molecule has 1 atom stereocenters. The van der Waals surface area contributed by atoms with Gasteiger partial charge in [0, 0.05) is 11.6 Å². The number of rotatable bonds is 3. The van der Waals surface area contributed by atoms with Crippen LogP contribution < -0.4 is 5.73 Å². The van der Waals surface area contributed by atoms with Crippen molar-refractivity contribution in [1.82, 2.24) is 0 Å². The highest BCUT2D eigenvalue weighted by Crippen LogP contribution is 2.27. The van der Waals surface area contributed by atoms with Gasteiger partial charge in [0.05, 0.1) is 6.61 Å². The van der Waals surface area contributed by atoms with E-state index in [1.54, 1.807) is 0 Å². The summed E-state index contributed by atoms with van der Waals surface area (Å²) in [5.74, 6) is 0.566. The zero-order valence-corrected chi connectivity index (χ0v) is 8.20. The molecular weight excluding hydrogens is 162 g/mol. The van der Waals surface area contributed by atoms with Gasteiger partial charge in [-0.1, -0.05) is 32.0 Å². The van der Waals surface area contributed by atoms with Gasteiger partial charge in [-0.3, -0.25) is 0 Å². The molecular formula is C11H17NO. The van der Waals surface area contributed by atoms with Crippen LogP contribution in [-0.4, -0.2) is 11.7 Å². The maximum absolute atomic E-state index is 9.22. The van der Waals surface area contributed by atoms with Crippen molar-refractivity contribution in [2.24, 2.45) is 5.92 Å². The first-order valence-electron chi connectivity index (χ1n) is 4.62. The van der Waals surface area contributed by atoms with E-state index in [2.05, 4.69) is 13.8 Å². The summed E-state index contributed by atoms with van der Waals surface area (Å²) in [6.07, 6.45) is 0. The Labute approximate surface area is 79.4 Å². The maximum atomic E-state index is 9.22. The SMILES string of the molecule is CC(C)C(CO)c1ccccc1N. The highest BCUT2D eigenvalue weighted by atomic mass is 16.3. The van der Waals surface area contributed by atoms with Crippen molar-refractivity contribution in [3.05, 3.63) is 29.8 Å². The molecule has 0 fully saturated rings. The second-order valence-corrected chi connectivity index (χ2v) is 3.66. The van der Waals surface area contributed by atoms with E-state index in [4.69, 9.17) is 5.73 Å². The predicted molar refractivity (Wildman–Crippen MR) is 55.5 cm³/mol. The summed E-state index contributed by atoms with van der Waals surface area (Å²) in [5.41, 5.74) is 7.65. The third kappa shape index (κ3) is 2.22. The number of nitrogens with two attached hydrogens (primary N) is 1.